The second-order valence-electron chi connectivity index (χ2n) is 4.57. The largest absolute Gasteiger partial charge is 0.361 e. The van der Waals surface area contributed by atoms with Crippen LogP contribution in [0.25, 0.3) is 0 Å². The first-order chi connectivity index (χ1) is 6.49. The molecule has 1 heterocycles. The fourth-order valence-corrected chi connectivity index (χ4v) is 1.45. The van der Waals surface area contributed by atoms with Crippen molar-refractivity contribution in [2.24, 2.45) is 5.73 Å². The summed E-state index contributed by atoms with van der Waals surface area (Å²) in [7, 11) is 2.09. The predicted molar refractivity (Wildman–Crippen MR) is 61.6 cm³/mol. The van der Waals surface area contributed by atoms with Gasteiger partial charge in [0.2, 0.25) is 0 Å². The van der Waals surface area contributed by atoms with Crippen LogP contribution in [0.15, 0.2) is 18.3 Å². The number of H-pyrrole nitrogens is 1. The molecule has 0 radical (unpaired) electrons. The zero-order valence-corrected chi connectivity index (χ0v) is 9.38. The summed E-state index contributed by atoms with van der Waals surface area (Å²) in [5.74, 6) is 1.17. The molecule has 0 aliphatic carbocycles. The third-order valence-corrected chi connectivity index (χ3v) is 2.31. The van der Waals surface area contributed by atoms with E-state index in [1.54, 1.807) is 0 Å². The Morgan fingerprint density at radius 2 is 2.21 bits per heavy atom. The van der Waals surface area contributed by atoms with Gasteiger partial charge in [-0.2, -0.15) is 0 Å². The Morgan fingerprint density at radius 1 is 1.50 bits per heavy atom. The first kappa shape index (κ1) is 11.1. The van der Waals surface area contributed by atoms with Gasteiger partial charge in [0.25, 0.3) is 0 Å². The number of nitrogens with one attached hydrogen (secondary N) is 1. The Bertz CT molecular complexity index is 246. The molecule has 0 aromatic carbocycles. The van der Waals surface area contributed by atoms with E-state index in [0.29, 0.717) is 0 Å². The maximum atomic E-state index is 5.91. The van der Waals surface area contributed by atoms with Crippen molar-refractivity contribution < 1.29 is 0 Å². The lowest BCUT2D eigenvalue weighted by Crippen LogP contribution is -2.33. The van der Waals surface area contributed by atoms with Gasteiger partial charge < -0.3 is 15.6 Å². The van der Waals surface area contributed by atoms with Crippen LogP contribution >= 0.6 is 0 Å². The third kappa shape index (κ3) is 3.83. The van der Waals surface area contributed by atoms with Gasteiger partial charge >= 0.3 is 0 Å². The van der Waals surface area contributed by atoms with E-state index >= 15 is 0 Å². The number of anilines is 1. The standard InChI is InChI=1S/C11H21N3/c1-11(2,12)7-5-9-14(3)10-6-4-8-13-10/h4,6,8,13H,5,7,9,12H2,1-3H3. The quantitative estimate of drug-likeness (QED) is 0.754. The molecule has 0 aliphatic rings. The molecule has 3 nitrogen and oxygen atoms in total. The topological polar surface area (TPSA) is 45.0 Å². The molecule has 14 heavy (non-hydrogen) atoms. The summed E-state index contributed by atoms with van der Waals surface area (Å²) in [5, 5.41) is 0. The molecule has 1 aromatic rings. The van der Waals surface area contributed by atoms with Crippen molar-refractivity contribution in [1.29, 1.82) is 0 Å². The molecule has 3 N–H and O–H groups in total. The van der Waals surface area contributed by atoms with Crippen molar-refractivity contribution in [3.8, 4) is 0 Å². The van der Waals surface area contributed by atoms with Crippen LogP contribution in [0.3, 0.4) is 0 Å². The molecule has 0 spiro atoms. The normalized spacial score (nSPS) is 11.7. The highest BCUT2D eigenvalue weighted by Gasteiger charge is 2.10. The minimum Gasteiger partial charge on any atom is -0.361 e. The van der Waals surface area contributed by atoms with Crippen molar-refractivity contribution in [2.75, 3.05) is 18.5 Å². The van der Waals surface area contributed by atoms with Crippen molar-refractivity contribution in [1.82, 2.24) is 4.98 Å². The third-order valence-electron chi connectivity index (χ3n) is 2.31. The van der Waals surface area contributed by atoms with E-state index in [0.717, 1.165) is 19.4 Å². The molecule has 1 aromatic heterocycles. The van der Waals surface area contributed by atoms with Crippen molar-refractivity contribution in [3.63, 3.8) is 0 Å². The zero-order valence-electron chi connectivity index (χ0n) is 9.38. The fraction of sp³-hybridized carbons (Fsp3) is 0.636. The lowest BCUT2D eigenvalue weighted by molar-refractivity contribution is 0.460. The first-order valence-electron chi connectivity index (χ1n) is 5.12. The summed E-state index contributed by atoms with van der Waals surface area (Å²) < 4.78 is 0. The van der Waals surface area contributed by atoms with Crippen LogP contribution in [0.5, 0.6) is 0 Å². The number of nitrogens with zero attached hydrogens (tertiary/aromatic N) is 1. The average molecular weight is 195 g/mol. The fourth-order valence-electron chi connectivity index (χ4n) is 1.45. The van der Waals surface area contributed by atoms with Gasteiger partial charge in [0.05, 0.1) is 0 Å². The van der Waals surface area contributed by atoms with Gasteiger partial charge in [-0.15, -0.1) is 0 Å². The summed E-state index contributed by atoms with van der Waals surface area (Å²) in [6.07, 6.45) is 4.12. The molecule has 0 bridgehead atoms. The van der Waals surface area contributed by atoms with Crippen LogP contribution in [-0.4, -0.2) is 24.1 Å². The molecule has 0 saturated carbocycles. The van der Waals surface area contributed by atoms with Crippen molar-refractivity contribution in [2.45, 2.75) is 32.2 Å². The molecular weight excluding hydrogens is 174 g/mol. The summed E-state index contributed by atoms with van der Waals surface area (Å²) in [6.45, 7) is 5.18. The van der Waals surface area contributed by atoms with E-state index in [9.17, 15) is 0 Å². The molecule has 0 saturated heterocycles. The lowest BCUT2D eigenvalue weighted by atomic mass is 10.0. The molecule has 1 rings (SSSR count). The average Bonchev–Trinajstić information content (AvgIpc) is 2.53. The van der Waals surface area contributed by atoms with Crippen LogP contribution in [-0.2, 0) is 0 Å². The minimum absolute atomic E-state index is 0.0451. The van der Waals surface area contributed by atoms with Crippen LogP contribution in [0.4, 0.5) is 5.82 Å². The van der Waals surface area contributed by atoms with Gasteiger partial charge in [0.1, 0.15) is 5.82 Å². The van der Waals surface area contributed by atoms with Gasteiger partial charge in [-0.1, -0.05) is 0 Å². The Balaban J connectivity index is 2.26. The SMILES string of the molecule is CN(CCCC(C)(C)N)c1ccc[nH]1. The van der Waals surface area contributed by atoms with E-state index in [1.807, 2.05) is 12.3 Å². The van der Waals surface area contributed by atoms with Crippen LogP contribution in [0.2, 0.25) is 0 Å². The molecular formula is C11H21N3. The predicted octanol–water partition coefficient (Wildman–Crippen LogP) is 1.97. The summed E-state index contributed by atoms with van der Waals surface area (Å²) >= 11 is 0. The summed E-state index contributed by atoms with van der Waals surface area (Å²) in [5.41, 5.74) is 5.87. The highest BCUT2D eigenvalue weighted by Crippen LogP contribution is 2.11. The lowest BCUT2D eigenvalue weighted by Gasteiger charge is -2.22. The monoisotopic (exact) mass is 195 g/mol. The summed E-state index contributed by atoms with van der Waals surface area (Å²) in [4.78, 5) is 5.39. The van der Waals surface area contributed by atoms with Gasteiger partial charge in [0.15, 0.2) is 0 Å². The Kier molecular flexibility index (Phi) is 3.58. The summed E-state index contributed by atoms with van der Waals surface area (Å²) in [6, 6.07) is 4.09. The molecule has 0 aliphatic heterocycles. The first-order valence-corrected chi connectivity index (χ1v) is 5.12. The van der Waals surface area contributed by atoms with E-state index in [2.05, 4.69) is 36.8 Å². The second-order valence-corrected chi connectivity index (χ2v) is 4.57. The van der Waals surface area contributed by atoms with Crippen LogP contribution in [0, 0.1) is 0 Å². The van der Waals surface area contributed by atoms with Gasteiger partial charge in [-0.3, -0.25) is 0 Å². The molecule has 3 heteroatoms. The minimum atomic E-state index is -0.0451. The maximum Gasteiger partial charge on any atom is 0.105 e. The number of hydrogen-bond acceptors (Lipinski definition) is 2. The molecule has 0 unspecified atom stereocenters. The maximum absolute atomic E-state index is 5.91. The molecule has 0 fully saturated rings. The zero-order chi connectivity index (χ0) is 10.6. The number of nitrogens with two attached hydrogens (primary N) is 1. The van der Waals surface area contributed by atoms with Crippen LogP contribution < -0.4 is 10.6 Å². The second kappa shape index (κ2) is 4.51. The van der Waals surface area contributed by atoms with Crippen molar-refractivity contribution in [3.05, 3.63) is 18.3 Å². The van der Waals surface area contributed by atoms with Crippen molar-refractivity contribution >= 4 is 5.82 Å². The van der Waals surface area contributed by atoms with Gasteiger partial charge in [-0.05, 0) is 38.8 Å². The molecule has 80 valence electrons. The highest BCUT2D eigenvalue weighted by molar-refractivity contribution is 5.36. The van der Waals surface area contributed by atoms with E-state index in [1.165, 1.54) is 5.82 Å². The number of rotatable bonds is 5. The van der Waals surface area contributed by atoms with E-state index < -0.39 is 0 Å². The Labute approximate surface area is 86.3 Å². The number of hydrogen-bond donors (Lipinski definition) is 2. The number of aromatic amines is 1. The van der Waals surface area contributed by atoms with Gasteiger partial charge in [-0.25, -0.2) is 0 Å². The van der Waals surface area contributed by atoms with E-state index in [4.69, 9.17) is 5.73 Å². The highest BCUT2D eigenvalue weighted by atomic mass is 15.2. The van der Waals surface area contributed by atoms with Gasteiger partial charge in [0, 0.05) is 25.3 Å². The number of aromatic nitrogens is 1. The Morgan fingerprint density at radius 3 is 2.71 bits per heavy atom. The molecule has 0 atom stereocenters. The van der Waals surface area contributed by atoms with Crippen LogP contribution in [0.1, 0.15) is 26.7 Å². The molecule has 0 amide bonds. The van der Waals surface area contributed by atoms with E-state index in [-0.39, 0.29) is 5.54 Å². The Hall–Kier alpha value is -0.960. The smallest absolute Gasteiger partial charge is 0.105 e.